The van der Waals surface area contributed by atoms with Crippen LogP contribution in [0, 0.1) is 0 Å². The fourth-order valence-corrected chi connectivity index (χ4v) is 3.36. The number of ether oxygens (including phenoxy) is 4. The zero-order chi connectivity index (χ0) is 24.2. The average molecular weight is 452 g/mol. The summed E-state index contributed by atoms with van der Waals surface area (Å²) in [5, 5.41) is 5.76. The Morgan fingerprint density at radius 2 is 1.24 bits per heavy atom. The van der Waals surface area contributed by atoms with Gasteiger partial charge in [0.25, 0.3) is 0 Å². The normalized spacial score (nSPS) is 10.6. The quantitative estimate of drug-likeness (QED) is 0.230. The van der Waals surface area contributed by atoms with Gasteiger partial charge < -0.3 is 23.8 Å². The zero-order valence-electron chi connectivity index (χ0n) is 20.5. The summed E-state index contributed by atoms with van der Waals surface area (Å²) in [6, 6.07) is 17.6. The molecule has 0 N–H and O–H groups in total. The average Bonchev–Trinajstić information content (AvgIpc) is 2.86. The van der Waals surface area contributed by atoms with E-state index in [0.29, 0.717) is 29.4 Å². The van der Waals surface area contributed by atoms with Crippen LogP contribution in [0.2, 0.25) is 0 Å². The van der Waals surface area contributed by atoms with Crippen molar-refractivity contribution in [3.63, 3.8) is 0 Å². The molecule has 0 radical (unpaired) electrons. The first-order valence-electron chi connectivity index (χ1n) is 10.6. The highest BCUT2D eigenvalue weighted by Gasteiger charge is 2.23. The van der Waals surface area contributed by atoms with Crippen LogP contribution in [-0.4, -0.2) is 41.3 Å². The van der Waals surface area contributed by atoms with E-state index >= 15 is 0 Å². The van der Waals surface area contributed by atoms with Gasteiger partial charge in [-0.1, -0.05) is 53.2 Å². The first kappa shape index (κ1) is 25.6. The van der Waals surface area contributed by atoms with Crippen molar-refractivity contribution in [1.82, 2.24) is 0 Å². The van der Waals surface area contributed by atoms with Crippen LogP contribution in [0.1, 0.15) is 25.8 Å². The van der Waals surface area contributed by atoms with Crippen LogP contribution in [-0.2, 0) is 4.84 Å². The van der Waals surface area contributed by atoms with E-state index in [1.807, 2.05) is 68.4 Å². The smallest absolute Gasteiger partial charge is 0.140 e. The highest BCUT2D eigenvalue weighted by molar-refractivity contribution is 6.12. The Balaban J connectivity index is 0.000000554. The summed E-state index contributed by atoms with van der Waals surface area (Å²) in [4.78, 5) is 5.08. The molecule has 0 bridgehead atoms. The van der Waals surface area contributed by atoms with Gasteiger partial charge in [-0.2, -0.15) is 0 Å². The van der Waals surface area contributed by atoms with Gasteiger partial charge in [0.2, 0.25) is 0 Å². The minimum Gasteiger partial charge on any atom is -0.496 e. The number of nitrogens with zero attached hydrogens (tertiary/aromatic N) is 1. The fraction of sp³-hybridized carbons (Fsp3) is 0.296. The first-order valence-corrected chi connectivity index (χ1v) is 10.6. The van der Waals surface area contributed by atoms with Gasteiger partial charge in [-0.25, -0.2) is 0 Å². The molecule has 0 saturated carbocycles. The van der Waals surface area contributed by atoms with Gasteiger partial charge in [0.05, 0.1) is 44.9 Å². The highest BCUT2D eigenvalue weighted by Crippen LogP contribution is 2.46. The van der Waals surface area contributed by atoms with Crippen LogP contribution in [0.4, 0.5) is 0 Å². The van der Waals surface area contributed by atoms with E-state index in [-0.39, 0.29) is 0 Å². The number of benzene rings is 3. The Hall–Kier alpha value is -3.67. The SMILES string of the molecule is CON=C(CC=C(C)C)c1cc(OC)c2c(OC)ccc(OC)c2c1OC.c1ccccc1. The van der Waals surface area contributed by atoms with Crippen LogP contribution in [0.15, 0.2) is 71.4 Å². The van der Waals surface area contributed by atoms with E-state index in [1.54, 1.807) is 28.4 Å². The number of oxime groups is 1. The molecule has 0 heterocycles. The van der Waals surface area contributed by atoms with E-state index in [1.165, 1.54) is 12.7 Å². The molecule has 0 atom stereocenters. The van der Waals surface area contributed by atoms with Crippen molar-refractivity contribution >= 4 is 16.5 Å². The second kappa shape index (κ2) is 13.0. The monoisotopic (exact) mass is 451 g/mol. The maximum atomic E-state index is 5.79. The Bertz CT molecular complexity index is 1060. The molecule has 3 rings (SSSR count). The van der Waals surface area contributed by atoms with Gasteiger partial charge in [-0.15, -0.1) is 0 Å². The topological polar surface area (TPSA) is 58.5 Å². The summed E-state index contributed by atoms with van der Waals surface area (Å²) in [6.07, 6.45) is 2.67. The minimum atomic E-state index is 0.591. The molecule has 3 aromatic carbocycles. The highest BCUT2D eigenvalue weighted by atomic mass is 16.6. The lowest BCUT2D eigenvalue weighted by atomic mass is 9.97. The third-order valence-corrected chi connectivity index (χ3v) is 4.87. The van der Waals surface area contributed by atoms with Crippen molar-refractivity contribution in [3.8, 4) is 23.0 Å². The molecule has 0 amide bonds. The van der Waals surface area contributed by atoms with Crippen molar-refractivity contribution < 1.29 is 23.8 Å². The van der Waals surface area contributed by atoms with Crippen LogP contribution < -0.4 is 18.9 Å². The standard InChI is InChI=1S/C21H27NO5.C6H6/c1-13(2)8-9-15(22-27-7)14-12-18(25-5)19-16(23-3)10-11-17(24-4)20(19)21(14)26-6;1-2-4-6-5-3-1/h8,10-12H,9H2,1-7H3;1-6H. The summed E-state index contributed by atoms with van der Waals surface area (Å²) >= 11 is 0. The molecular formula is C27H33NO5. The van der Waals surface area contributed by atoms with E-state index in [2.05, 4.69) is 11.2 Å². The number of hydrogen-bond acceptors (Lipinski definition) is 6. The Kier molecular flexibility index (Phi) is 10.1. The number of fused-ring (bicyclic) bond motifs is 1. The largest absolute Gasteiger partial charge is 0.496 e. The van der Waals surface area contributed by atoms with Gasteiger partial charge in [-0.3, -0.25) is 0 Å². The van der Waals surface area contributed by atoms with E-state index in [0.717, 1.165) is 22.0 Å². The Morgan fingerprint density at radius 3 is 1.67 bits per heavy atom. The van der Waals surface area contributed by atoms with Gasteiger partial charge in [0.15, 0.2) is 0 Å². The van der Waals surface area contributed by atoms with Gasteiger partial charge >= 0.3 is 0 Å². The van der Waals surface area contributed by atoms with Crippen LogP contribution in [0.3, 0.4) is 0 Å². The minimum absolute atomic E-state index is 0.591. The summed E-state index contributed by atoms with van der Waals surface area (Å²) < 4.78 is 22.6. The number of allylic oxidation sites excluding steroid dienone is 2. The summed E-state index contributed by atoms with van der Waals surface area (Å²) in [6.45, 7) is 4.08. The lowest BCUT2D eigenvalue weighted by molar-refractivity contribution is 0.213. The van der Waals surface area contributed by atoms with Gasteiger partial charge in [0, 0.05) is 12.0 Å². The second-order valence-corrected chi connectivity index (χ2v) is 7.24. The number of rotatable bonds is 8. The van der Waals surface area contributed by atoms with Crippen LogP contribution >= 0.6 is 0 Å². The van der Waals surface area contributed by atoms with Crippen molar-refractivity contribution in [2.75, 3.05) is 35.5 Å². The zero-order valence-corrected chi connectivity index (χ0v) is 20.5. The molecule has 176 valence electrons. The van der Waals surface area contributed by atoms with Crippen LogP contribution in [0.25, 0.3) is 10.8 Å². The molecule has 3 aromatic rings. The van der Waals surface area contributed by atoms with E-state index in [9.17, 15) is 0 Å². The molecule has 6 nitrogen and oxygen atoms in total. The lowest BCUT2D eigenvalue weighted by Crippen LogP contribution is -2.06. The lowest BCUT2D eigenvalue weighted by Gasteiger charge is -2.19. The summed E-state index contributed by atoms with van der Waals surface area (Å²) in [7, 11) is 8.00. The first-order chi connectivity index (χ1) is 16.0. The molecule has 33 heavy (non-hydrogen) atoms. The molecule has 0 aliphatic heterocycles. The Morgan fingerprint density at radius 1 is 0.727 bits per heavy atom. The molecule has 0 aromatic heterocycles. The number of methoxy groups -OCH3 is 4. The molecule has 0 fully saturated rings. The van der Waals surface area contributed by atoms with E-state index < -0.39 is 0 Å². The summed E-state index contributed by atoms with van der Waals surface area (Å²) in [5.74, 6) is 2.58. The van der Waals surface area contributed by atoms with Crippen molar-refractivity contribution in [3.05, 3.63) is 71.8 Å². The third-order valence-electron chi connectivity index (χ3n) is 4.87. The Labute approximate surface area is 196 Å². The maximum absolute atomic E-state index is 5.79. The van der Waals surface area contributed by atoms with Gasteiger partial charge in [0.1, 0.15) is 30.1 Å². The molecule has 0 saturated heterocycles. The molecule has 0 aliphatic carbocycles. The van der Waals surface area contributed by atoms with Crippen molar-refractivity contribution in [2.45, 2.75) is 20.3 Å². The molecule has 0 spiro atoms. The molecule has 0 aliphatic rings. The van der Waals surface area contributed by atoms with Crippen molar-refractivity contribution in [2.24, 2.45) is 5.16 Å². The summed E-state index contributed by atoms with van der Waals surface area (Å²) in [5.41, 5.74) is 2.68. The predicted octanol–water partition coefficient (Wildman–Crippen LogP) is 6.27. The molecule has 0 unspecified atom stereocenters. The maximum Gasteiger partial charge on any atom is 0.140 e. The van der Waals surface area contributed by atoms with Crippen LogP contribution in [0.5, 0.6) is 23.0 Å². The molecule has 6 heteroatoms. The predicted molar refractivity (Wildman–Crippen MR) is 134 cm³/mol. The van der Waals surface area contributed by atoms with E-state index in [4.69, 9.17) is 23.8 Å². The molecular weight excluding hydrogens is 418 g/mol. The van der Waals surface area contributed by atoms with Gasteiger partial charge in [-0.05, 0) is 32.0 Å². The second-order valence-electron chi connectivity index (χ2n) is 7.24. The van der Waals surface area contributed by atoms with Crippen molar-refractivity contribution in [1.29, 1.82) is 0 Å². The number of hydrogen-bond donors (Lipinski definition) is 0. The third kappa shape index (κ3) is 6.42. The fourth-order valence-electron chi connectivity index (χ4n) is 3.36.